The number of anilines is 1. The highest BCUT2D eigenvalue weighted by atomic mass is 19.4. The zero-order valence-corrected chi connectivity index (χ0v) is 4.20. The Morgan fingerprint density at radius 1 is 1.22 bits per heavy atom. The first-order valence-electron chi connectivity index (χ1n) is 2.04. The average Bonchev–Trinajstić information content (AvgIpc) is 1.90. The van der Waals surface area contributed by atoms with E-state index in [9.17, 15) is 8.96 Å². The van der Waals surface area contributed by atoms with Gasteiger partial charge in [-0.05, 0) is 5.34 Å². The molecule has 0 radical (unpaired) electrons. The van der Waals surface area contributed by atoms with Crippen molar-refractivity contribution in [1.29, 1.82) is 0 Å². The van der Waals surface area contributed by atoms with Gasteiger partial charge in [0, 0.05) is 0 Å². The van der Waals surface area contributed by atoms with Crippen LogP contribution in [0, 0.1) is 0 Å². The van der Waals surface area contributed by atoms with Gasteiger partial charge in [0.05, 0.1) is 0 Å². The van der Waals surface area contributed by atoms with Crippen molar-refractivity contribution in [3.05, 3.63) is 12.7 Å². The van der Waals surface area contributed by atoms with Crippen molar-refractivity contribution in [3.63, 3.8) is 0 Å². The molecule has 0 spiro atoms. The highest BCUT2D eigenvalue weighted by molar-refractivity contribution is 5.16. The summed E-state index contributed by atoms with van der Waals surface area (Å²) in [6.07, 6.45) is 1.99. The predicted molar refractivity (Wildman–Crippen MR) is 24.5 cm³/mol. The second-order valence-corrected chi connectivity index (χ2v) is 1.17. The second-order valence-electron chi connectivity index (χ2n) is 1.17. The predicted octanol–water partition coefficient (Wildman–Crippen LogP) is 0.447. The smallest absolute Gasteiger partial charge is 0.225 e. The molecular weight excluding hydrogens is 130 g/mol. The lowest BCUT2D eigenvalue weighted by Crippen LogP contribution is -2.01. The number of aromatic nitrogens is 3. The molecule has 0 aliphatic carbocycles. The van der Waals surface area contributed by atoms with Crippen LogP contribution in [0.25, 0.3) is 0 Å². The summed E-state index contributed by atoms with van der Waals surface area (Å²) in [6, 6.07) is 0. The molecule has 0 aliphatic heterocycles. The van der Waals surface area contributed by atoms with Gasteiger partial charge < -0.3 is 0 Å². The Labute approximate surface area is 49.1 Å². The van der Waals surface area contributed by atoms with Gasteiger partial charge in [-0.15, -0.1) is 0 Å². The SMILES string of the molecule is FN(F)c1ncncn1. The fourth-order valence-corrected chi connectivity index (χ4v) is 0.320. The molecule has 0 unspecified atom stereocenters. The summed E-state index contributed by atoms with van der Waals surface area (Å²) in [5, 5.41) is -1.18. The van der Waals surface area contributed by atoms with Crippen LogP contribution in [0.3, 0.4) is 0 Å². The van der Waals surface area contributed by atoms with Crippen molar-refractivity contribution in [3.8, 4) is 0 Å². The van der Waals surface area contributed by atoms with Crippen LogP contribution in [-0.4, -0.2) is 15.0 Å². The van der Waals surface area contributed by atoms with Crippen LogP contribution in [-0.2, 0) is 0 Å². The lowest BCUT2D eigenvalue weighted by atomic mass is 11.0. The molecule has 1 heterocycles. The van der Waals surface area contributed by atoms with Crippen LogP contribution in [0.4, 0.5) is 14.9 Å². The maximum atomic E-state index is 11.4. The van der Waals surface area contributed by atoms with Crippen LogP contribution >= 0.6 is 0 Å². The van der Waals surface area contributed by atoms with Crippen molar-refractivity contribution in [1.82, 2.24) is 15.0 Å². The quantitative estimate of drug-likeness (QED) is 0.520. The molecule has 6 heteroatoms. The third-order valence-electron chi connectivity index (χ3n) is 0.631. The van der Waals surface area contributed by atoms with E-state index in [-0.39, 0.29) is 0 Å². The molecule has 4 nitrogen and oxygen atoms in total. The van der Waals surface area contributed by atoms with E-state index in [1.165, 1.54) is 0 Å². The van der Waals surface area contributed by atoms with Gasteiger partial charge in [0.1, 0.15) is 12.7 Å². The number of hydrogen-bond donors (Lipinski definition) is 0. The molecule has 0 atom stereocenters. The molecule has 0 N–H and O–H groups in total. The van der Waals surface area contributed by atoms with Gasteiger partial charge in [0.25, 0.3) is 5.95 Å². The van der Waals surface area contributed by atoms with Crippen LogP contribution in [0.2, 0.25) is 0 Å². The minimum absolute atomic E-state index is 0.648. The first kappa shape index (κ1) is 5.80. The number of nitrogens with zero attached hydrogens (tertiary/aromatic N) is 4. The maximum Gasteiger partial charge on any atom is 0.291 e. The Morgan fingerprint density at radius 2 is 1.78 bits per heavy atom. The molecule has 0 fully saturated rings. The van der Waals surface area contributed by atoms with Gasteiger partial charge in [-0.3, -0.25) is 0 Å². The fraction of sp³-hybridized carbons (Fsp3) is 0. The van der Waals surface area contributed by atoms with Crippen LogP contribution in [0.15, 0.2) is 12.7 Å². The topological polar surface area (TPSA) is 41.9 Å². The minimum Gasteiger partial charge on any atom is -0.225 e. The summed E-state index contributed by atoms with van der Waals surface area (Å²) in [7, 11) is 0. The van der Waals surface area contributed by atoms with Crippen molar-refractivity contribution in [2.45, 2.75) is 0 Å². The minimum atomic E-state index is -1.18. The van der Waals surface area contributed by atoms with Crippen molar-refractivity contribution in [2.24, 2.45) is 0 Å². The molecule has 1 aromatic rings. The van der Waals surface area contributed by atoms with Gasteiger partial charge >= 0.3 is 0 Å². The van der Waals surface area contributed by atoms with E-state index < -0.39 is 11.3 Å². The van der Waals surface area contributed by atoms with E-state index in [2.05, 4.69) is 15.0 Å². The maximum absolute atomic E-state index is 11.4. The molecule has 1 aromatic heterocycles. The van der Waals surface area contributed by atoms with E-state index in [0.717, 1.165) is 12.7 Å². The van der Waals surface area contributed by atoms with Gasteiger partial charge in [0.15, 0.2) is 0 Å². The van der Waals surface area contributed by atoms with E-state index in [1.54, 1.807) is 0 Å². The third kappa shape index (κ3) is 1.28. The molecule has 0 amide bonds. The van der Waals surface area contributed by atoms with Crippen LogP contribution in [0.5, 0.6) is 0 Å². The lowest BCUT2D eigenvalue weighted by molar-refractivity contribution is 0.227. The molecule has 0 saturated carbocycles. The van der Waals surface area contributed by atoms with E-state index in [1.807, 2.05) is 0 Å². The Bertz CT molecular complexity index is 176. The van der Waals surface area contributed by atoms with Gasteiger partial charge in [-0.2, -0.15) is 9.97 Å². The third-order valence-corrected chi connectivity index (χ3v) is 0.631. The van der Waals surface area contributed by atoms with Crippen molar-refractivity contribution < 1.29 is 8.96 Å². The number of rotatable bonds is 1. The molecule has 0 saturated heterocycles. The van der Waals surface area contributed by atoms with Crippen LogP contribution in [0.1, 0.15) is 0 Å². The summed E-state index contributed by atoms with van der Waals surface area (Å²) in [4.78, 5) is 9.61. The van der Waals surface area contributed by atoms with E-state index in [0.29, 0.717) is 0 Å². The highest BCUT2D eigenvalue weighted by Crippen LogP contribution is 2.02. The Kier molecular flexibility index (Phi) is 1.48. The fourth-order valence-electron chi connectivity index (χ4n) is 0.320. The van der Waals surface area contributed by atoms with Gasteiger partial charge in [0.2, 0.25) is 0 Å². The average molecular weight is 132 g/mol. The molecule has 0 bridgehead atoms. The molecule has 0 aliphatic rings. The molecule has 1 rings (SSSR count). The van der Waals surface area contributed by atoms with Crippen LogP contribution < -0.4 is 5.34 Å². The largest absolute Gasteiger partial charge is 0.291 e. The zero-order chi connectivity index (χ0) is 6.69. The van der Waals surface area contributed by atoms with Gasteiger partial charge in [-0.25, -0.2) is 4.98 Å². The summed E-state index contributed by atoms with van der Waals surface area (Å²) >= 11 is 0. The molecular formula is C3H2F2N4. The zero-order valence-electron chi connectivity index (χ0n) is 4.20. The summed E-state index contributed by atoms with van der Waals surface area (Å²) in [6.45, 7) is 0. The summed E-state index contributed by atoms with van der Waals surface area (Å²) in [5.41, 5.74) is 0. The van der Waals surface area contributed by atoms with E-state index in [4.69, 9.17) is 0 Å². The second kappa shape index (κ2) is 2.29. The number of hydrogen-bond acceptors (Lipinski definition) is 4. The summed E-state index contributed by atoms with van der Waals surface area (Å²) < 4.78 is 22.9. The molecule has 9 heavy (non-hydrogen) atoms. The molecule has 0 aromatic carbocycles. The molecule has 48 valence electrons. The monoisotopic (exact) mass is 132 g/mol. The Balaban J connectivity index is 2.85. The summed E-state index contributed by atoms with van der Waals surface area (Å²) in [5.74, 6) is -0.648. The van der Waals surface area contributed by atoms with Crippen molar-refractivity contribution in [2.75, 3.05) is 5.34 Å². The highest BCUT2D eigenvalue weighted by Gasteiger charge is 2.02. The first-order valence-corrected chi connectivity index (χ1v) is 2.04. The standard InChI is InChI=1S/C3H2F2N4/c4-9(5)3-7-1-6-2-8-3/h1-2H. The van der Waals surface area contributed by atoms with E-state index >= 15 is 0 Å². The Morgan fingerprint density at radius 3 is 2.11 bits per heavy atom. The first-order chi connectivity index (χ1) is 4.30. The van der Waals surface area contributed by atoms with Crippen molar-refractivity contribution >= 4 is 5.95 Å². The number of halogens is 2. The Hall–Kier alpha value is -1.33. The lowest BCUT2D eigenvalue weighted by Gasteiger charge is -1.94. The van der Waals surface area contributed by atoms with Gasteiger partial charge in [-0.1, -0.05) is 8.96 Å². The normalized spacial score (nSPS) is 9.11.